The van der Waals surface area contributed by atoms with Gasteiger partial charge >= 0.3 is 14.2 Å². The quantitative estimate of drug-likeness (QED) is 0.0843. The summed E-state index contributed by atoms with van der Waals surface area (Å²) in [6.07, 6.45) is 0. The third kappa shape index (κ3) is 6.72. The first-order valence-electron chi connectivity index (χ1n) is 18.5. The Balaban J connectivity index is 1.59. The van der Waals surface area contributed by atoms with Gasteiger partial charge in [-0.25, -0.2) is 0 Å². The Hall–Kier alpha value is -4.53. The van der Waals surface area contributed by atoms with Crippen molar-refractivity contribution >= 4 is 68.3 Å². The number of aliphatic hydroxyl groups is 2. The van der Waals surface area contributed by atoms with Crippen molar-refractivity contribution in [3.05, 3.63) is 121 Å². The van der Waals surface area contributed by atoms with Crippen LogP contribution in [0.1, 0.15) is 55.4 Å². The molecule has 0 atom stereocenters. The van der Waals surface area contributed by atoms with Crippen LogP contribution in [0.2, 0.25) is 0 Å². The van der Waals surface area contributed by atoms with Crippen molar-refractivity contribution in [2.75, 3.05) is 0 Å². The lowest BCUT2D eigenvalue weighted by Crippen LogP contribution is -2.53. The van der Waals surface area contributed by atoms with Crippen molar-refractivity contribution in [3.63, 3.8) is 0 Å². The fourth-order valence-electron chi connectivity index (χ4n) is 7.02. The van der Waals surface area contributed by atoms with Crippen LogP contribution in [0.4, 0.5) is 0 Å². The van der Waals surface area contributed by atoms with Gasteiger partial charge in [-0.05, 0) is 132 Å². The predicted molar refractivity (Wildman–Crippen MR) is 225 cm³/mol. The van der Waals surface area contributed by atoms with E-state index in [0.29, 0.717) is 10.9 Å². The zero-order chi connectivity index (χ0) is 38.8. The van der Waals surface area contributed by atoms with E-state index in [1.807, 2.05) is 60.7 Å². The molecule has 0 aromatic heterocycles. The molecule has 0 bridgehead atoms. The summed E-state index contributed by atoms with van der Waals surface area (Å²) in [4.78, 5) is 0. The Labute approximate surface area is 318 Å². The van der Waals surface area contributed by atoms with Gasteiger partial charge in [0.25, 0.3) is 0 Å². The van der Waals surface area contributed by atoms with E-state index in [-0.39, 0.29) is 0 Å². The Morgan fingerprint density at radius 3 is 1.13 bits per heavy atom. The topological polar surface area (TPSA) is 99.4 Å². The Bertz CT molecular complexity index is 2340. The zero-order valence-corrected chi connectivity index (χ0v) is 32.3. The molecule has 4 N–H and O–H groups in total. The second kappa shape index (κ2) is 13.6. The zero-order valence-electron chi connectivity index (χ0n) is 32.3. The molecular formula is C46H48B2O6. The largest absolute Gasteiger partial charge is 0.491 e. The minimum atomic E-state index is -1.32. The van der Waals surface area contributed by atoms with Gasteiger partial charge in [0.1, 0.15) is 0 Å². The summed E-state index contributed by atoms with van der Waals surface area (Å²) in [5.74, 6) is 0. The van der Waals surface area contributed by atoms with Crippen LogP contribution in [0.3, 0.4) is 0 Å². The second-order valence-corrected chi connectivity index (χ2v) is 16.5. The molecule has 7 aromatic rings. The average Bonchev–Trinajstić information content (AvgIpc) is 3.11. The average molecular weight is 719 g/mol. The number of benzene rings is 7. The van der Waals surface area contributed by atoms with Crippen LogP contribution in [0.5, 0.6) is 0 Å². The van der Waals surface area contributed by atoms with Crippen LogP contribution < -0.4 is 10.9 Å². The van der Waals surface area contributed by atoms with Crippen molar-refractivity contribution < 1.29 is 29.6 Å². The molecule has 0 aliphatic carbocycles. The molecule has 6 nitrogen and oxygen atoms in total. The van der Waals surface area contributed by atoms with E-state index >= 15 is 0 Å². The summed E-state index contributed by atoms with van der Waals surface area (Å²) in [7, 11) is -2.64. The second-order valence-electron chi connectivity index (χ2n) is 16.5. The highest BCUT2D eigenvalue weighted by Gasteiger charge is 2.41. The Morgan fingerprint density at radius 1 is 0.407 bits per heavy atom. The molecule has 54 heavy (non-hydrogen) atoms. The van der Waals surface area contributed by atoms with Gasteiger partial charge in [0, 0.05) is 0 Å². The molecular weight excluding hydrogens is 670 g/mol. The third-order valence-corrected chi connectivity index (χ3v) is 11.6. The molecule has 8 heteroatoms. The van der Waals surface area contributed by atoms with Crippen LogP contribution in [-0.2, 0) is 9.31 Å². The van der Waals surface area contributed by atoms with Crippen molar-refractivity contribution in [1.82, 2.24) is 0 Å². The molecule has 0 spiro atoms. The van der Waals surface area contributed by atoms with E-state index in [9.17, 15) is 20.3 Å². The SMILES string of the molecule is CC(C)(O)C(C)(C)OB(O)c1ccc2c(-c3cccc4ccccc34)c3cc(B(O)OC(C)(C)C(C)(C)O)ccc3c(-c3cccc4ccccc34)c2c1. The molecule has 274 valence electrons. The van der Waals surface area contributed by atoms with Crippen molar-refractivity contribution in [3.8, 4) is 22.3 Å². The van der Waals surface area contributed by atoms with Gasteiger partial charge in [0.15, 0.2) is 0 Å². The molecule has 0 aliphatic heterocycles. The molecule has 0 amide bonds. The van der Waals surface area contributed by atoms with Crippen molar-refractivity contribution in [1.29, 1.82) is 0 Å². The van der Waals surface area contributed by atoms with Gasteiger partial charge in [0.05, 0.1) is 22.4 Å². The lowest BCUT2D eigenvalue weighted by atomic mass is 9.73. The maximum absolute atomic E-state index is 11.6. The van der Waals surface area contributed by atoms with Gasteiger partial charge in [-0.2, -0.15) is 0 Å². The fourth-order valence-corrected chi connectivity index (χ4v) is 7.02. The Kier molecular flexibility index (Phi) is 9.54. The first-order valence-corrected chi connectivity index (χ1v) is 18.5. The summed E-state index contributed by atoms with van der Waals surface area (Å²) in [6.45, 7) is 13.7. The third-order valence-electron chi connectivity index (χ3n) is 11.6. The first-order chi connectivity index (χ1) is 25.4. The lowest BCUT2D eigenvalue weighted by molar-refractivity contribution is -0.0982. The van der Waals surface area contributed by atoms with Crippen LogP contribution in [-0.4, -0.2) is 56.9 Å². The summed E-state index contributed by atoms with van der Waals surface area (Å²) >= 11 is 0. The number of rotatable bonds is 10. The van der Waals surface area contributed by atoms with Crippen molar-refractivity contribution in [2.45, 2.75) is 77.8 Å². The predicted octanol–water partition coefficient (Wildman–Crippen LogP) is 8.14. The number of fused-ring (bicyclic) bond motifs is 4. The summed E-state index contributed by atoms with van der Waals surface area (Å²) < 4.78 is 12.3. The summed E-state index contributed by atoms with van der Waals surface area (Å²) in [6, 6.07) is 41.0. The van der Waals surface area contributed by atoms with Gasteiger partial charge in [-0.15, -0.1) is 0 Å². The highest BCUT2D eigenvalue weighted by molar-refractivity contribution is 6.61. The molecule has 0 unspecified atom stereocenters. The number of hydrogen-bond donors (Lipinski definition) is 4. The summed E-state index contributed by atoms with van der Waals surface area (Å²) in [5, 5.41) is 53.0. The molecule has 0 radical (unpaired) electrons. The van der Waals surface area contributed by atoms with Gasteiger partial charge in [-0.1, -0.05) is 121 Å². The van der Waals surface area contributed by atoms with Crippen LogP contribution in [0, 0.1) is 0 Å². The molecule has 0 saturated carbocycles. The maximum Gasteiger partial charge on any atom is 0.491 e. The molecule has 7 aromatic carbocycles. The minimum absolute atomic E-state index is 0.554. The standard InChI is InChI=1S/C46H48B2O6/c1-43(2,49)45(5,6)53-47(51)31-23-25-37-39(27-31)41(35-21-13-17-29-15-9-11-19-33(29)35)38-26-24-32(48(52)54-46(7,8)44(3,4)50)28-40(38)42(37)36-22-14-18-30-16-10-12-20-34(30)36/h9-28,49-52H,1-8H3. The van der Waals surface area contributed by atoms with Crippen LogP contribution >= 0.6 is 0 Å². The van der Waals surface area contributed by atoms with Gasteiger partial charge in [0.2, 0.25) is 0 Å². The molecule has 0 saturated heterocycles. The maximum atomic E-state index is 11.6. The van der Waals surface area contributed by atoms with E-state index in [0.717, 1.165) is 65.3 Å². The van der Waals surface area contributed by atoms with Gasteiger partial charge < -0.3 is 29.6 Å². The van der Waals surface area contributed by atoms with E-state index in [2.05, 4.69) is 60.7 Å². The van der Waals surface area contributed by atoms with E-state index in [4.69, 9.17) is 9.31 Å². The Morgan fingerprint density at radius 2 is 0.759 bits per heavy atom. The highest BCUT2D eigenvalue weighted by Crippen LogP contribution is 2.46. The normalized spacial score (nSPS) is 13.0. The molecule has 0 heterocycles. The molecule has 0 aliphatic rings. The fraction of sp³-hybridized carbons (Fsp3) is 0.261. The van der Waals surface area contributed by atoms with E-state index < -0.39 is 36.6 Å². The monoisotopic (exact) mass is 718 g/mol. The van der Waals surface area contributed by atoms with Crippen LogP contribution in [0.25, 0.3) is 65.3 Å². The van der Waals surface area contributed by atoms with E-state index in [1.165, 1.54) is 0 Å². The smallest absolute Gasteiger partial charge is 0.423 e. The summed E-state index contributed by atoms with van der Waals surface area (Å²) in [5.41, 5.74) is 0.528. The minimum Gasteiger partial charge on any atom is -0.423 e. The van der Waals surface area contributed by atoms with Crippen molar-refractivity contribution in [2.24, 2.45) is 0 Å². The molecule has 0 fully saturated rings. The van der Waals surface area contributed by atoms with Gasteiger partial charge in [-0.3, -0.25) is 0 Å². The van der Waals surface area contributed by atoms with Crippen LogP contribution in [0.15, 0.2) is 121 Å². The number of hydrogen-bond acceptors (Lipinski definition) is 6. The molecule has 7 rings (SSSR count). The van der Waals surface area contributed by atoms with E-state index in [1.54, 1.807) is 55.4 Å². The lowest BCUT2D eigenvalue weighted by Gasteiger charge is -2.38. The first kappa shape index (κ1) is 37.8. The highest BCUT2D eigenvalue weighted by atomic mass is 16.6.